The zero-order valence-electron chi connectivity index (χ0n) is 8.78. The van der Waals surface area contributed by atoms with Crippen molar-refractivity contribution in [2.45, 2.75) is 25.1 Å². The van der Waals surface area contributed by atoms with Crippen LogP contribution < -0.4 is 5.73 Å². The van der Waals surface area contributed by atoms with E-state index in [1.165, 1.54) is 12.3 Å². The molecule has 1 fully saturated rings. The van der Waals surface area contributed by atoms with Crippen LogP contribution in [-0.4, -0.2) is 4.98 Å². The fourth-order valence-electron chi connectivity index (χ4n) is 1.50. The Hall–Kier alpha value is -0.520. The molecule has 2 N–H and O–H groups in total. The Bertz CT molecular complexity index is 350. The van der Waals surface area contributed by atoms with Crippen molar-refractivity contribution in [1.29, 1.82) is 0 Å². The smallest absolute Gasteiger partial charge is 0.324 e. The van der Waals surface area contributed by atoms with E-state index in [4.69, 9.17) is 5.73 Å². The maximum absolute atomic E-state index is 12.2. The van der Waals surface area contributed by atoms with E-state index in [2.05, 4.69) is 4.98 Å². The zero-order valence-corrected chi connectivity index (χ0v) is 10.4. The molecule has 1 unspecified atom stereocenters. The third kappa shape index (κ3) is 4.01. The normalized spacial score (nSPS) is 16.7. The summed E-state index contributed by atoms with van der Waals surface area (Å²) >= 11 is 0. The summed E-state index contributed by atoms with van der Waals surface area (Å²) in [6.45, 7) is 0. The van der Waals surface area contributed by atoms with Crippen LogP contribution in [0.25, 0.3) is 0 Å². The molecule has 0 saturated heterocycles. The number of aromatic nitrogens is 1. The highest BCUT2D eigenvalue weighted by atomic mass is 35.5. The molecule has 2 rings (SSSR count). The average Bonchev–Trinajstić information content (AvgIpc) is 2.99. The third-order valence-electron chi connectivity index (χ3n) is 2.59. The van der Waals surface area contributed by atoms with Gasteiger partial charge in [0.05, 0.1) is 0 Å². The molecule has 0 bridgehead atoms. The summed E-state index contributed by atoms with van der Waals surface area (Å²) in [6.07, 6.45) is -1.03. The van der Waals surface area contributed by atoms with Crippen LogP contribution in [0, 0.1) is 5.92 Å². The fourth-order valence-corrected chi connectivity index (χ4v) is 1.50. The topological polar surface area (TPSA) is 38.9 Å². The van der Waals surface area contributed by atoms with Crippen LogP contribution in [0.1, 0.15) is 30.1 Å². The van der Waals surface area contributed by atoms with Gasteiger partial charge in [-0.2, -0.15) is 13.2 Å². The van der Waals surface area contributed by atoms with Gasteiger partial charge in [-0.05, 0) is 30.4 Å². The highest BCUT2D eigenvalue weighted by Gasteiger charge is 2.33. The third-order valence-corrected chi connectivity index (χ3v) is 2.59. The molecule has 0 aromatic carbocycles. The molecule has 0 spiro atoms. The van der Waals surface area contributed by atoms with Crippen LogP contribution in [0.2, 0.25) is 0 Å². The SMILES string of the molecule is Cl.Cl.NC(c1ccc(C(F)(F)F)nc1)C1CC1. The van der Waals surface area contributed by atoms with E-state index < -0.39 is 11.9 Å². The van der Waals surface area contributed by atoms with Crippen LogP contribution >= 0.6 is 24.8 Å². The van der Waals surface area contributed by atoms with E-state index in [0.29, 0.717) is 11.5 Å². The molecule has 1 aliphatic carbocycles. The molecular formula is C10H13Cl2F3N2. The van der Waals surface area contributed by atoms with Gasteiger partial charge in [-0.25, -0.2) is 0 Å². The largest absolute Gasteiger partial charge is 0.433 e. The van der Waals surface area contributed by atoms with Gasteiger partial charge in [-0.15, -0.1) is 24.8 Å². The molecule has 17 heavy (non-hydrogen) atoms. The highest BCUT2D eigenvalue weighted by molar-refractivity contribution is 5.85. The van der Waals surface area contributed by atoms with E-state index in [-0.39, 0.29) is 30.9 Å². The van der Waals surface area contributed by atoms with Gasteiger partial charge in [0.1, 0.15) is 5.69 Å². The summed E-state index contributed by atoms with van der Waals surface area (Å²) in [6, 6.07) is 2.23. The molecule has 1 atom stereocenters. The van der Waals surface area contributed by atoms with Crippen molar-refractivity contribution in [2.75, 3.05) is 0 Å². The lowest BCUT2D eigenvalue weighted by Gasteiger charge is -2.11. The first-order valence-corrected chi connectivity index (χ1v) is 4.77. The molecule has 98 valence electrons. The van der Waals surface area contributed by atoms with Crippen molar-refractivity contribution in [3.05, 3.63) is 29.6 Å². The fraction of sp³-hybridized carbons (Fsp3) is 0.500. The Morgan fingerprint density at radius 2 is 1.82 bits per heavy atom. The summed E-state index contributed by atoms with van der Waals surface area (Å²) in [5.74, 6) is 0.420. The number of nitrogens with zero attached hydrogens (tertiary/aromatic N) is 1. The van der Waals surface area contributed by atoms with Gasteiger partial charge in [-0.1, -0.05) is 6.07 Å². The number of hydrogen-bond acceptors (Lipinski definition) is 2. The Labute approximate surface area is 110 Å². The molecule has 1 aromatic rings. The molecule has 0 radical (unpaired) electrons. The number of rotatable bonds is 2. The second kappa shape index (κ2) is 5.89. The molecule has 1 aromatic heterocycles. The molecule has 1 aliphatic rings. The quantitative estimate of drug-likeness (QED) is 0.906. The van der Waals surface area contributed by atoms with Gasteiger partial charge in [0.15, 0.2) is 0 Å². The van der Waals surface area contributed by atoms with Gasteiger partial charge in [0, 0.05) is 12.2 Å². The summed E-state index contributed by atoms with van der Waals surface area (Å²) in [4.78, 5) is 3.38. The maximum Gasteiger partial charge on any atom is 0.433 e. The Morgan fingerprint density at radius 3 is 2.18 bits per heavy atom. The Kier molecular flexibility index (Phi) is 5.71. The van der Waals surface area contributed by atoms with Crippen LogP contribution in [-0.2, 0) is 6.18 Å². The molecule has 0 aliphatic heterocycles. The van der Waals surface area contributed by atoms with Crippen molar-refractivity contribution in [3.63, 3.8) is 0 Å². The van der Waals surface area contributed by atoms with E-state index in [0.717, 1.165) is 18.9 Å². The lowest BCUT2D eigenvalue weighted by atomic mass is 10.1. The first kappa shape index (κ1) is 16.5. The minimum absolute atomic E-state index is 0. The van der Waals surface area contributed by atoms with Gasteiger partial charge in [0.2, 0.25) is 0 Å². The van der Waals surface area contributed by atoms with Crippen molar-refractivity contribution in [1.82, 2.24) is 4.98 Å². The van der Waals surface area contributed by atoms with Crippen molar-refractivity contribution >= 4 is 24.8 Å². The van der Waals surface area contributed by atoms with Crippen molar-refractivity contribution in [2.24, 2.45) is 11.7 Å². The molecule has 7 heteroatoms. The lowest BCUT2D eigenvalue weighted by molar-refractivity contribution is -0.141. The maximum atomic E-state index is 12.2. The van der Waals surface area contributed by atoms with Crippen LogP contribution in [0.5, 0.6) is 0 Å². The molecule has 1 heterocycles. The van der Waals surface area contributed by atoms with E-state index in [9.17, 15) is 13.2 Å². The molecular weight excluding hydrogens is 276 g/mol. The van der Waals surface area contributed by atoms with Gasteiger partial charge < -0.3 is 5.73 Å². The highest BCUT2D eigenvalue weighted by Crippen LogP contribution is 2.39. The standard InChI is InChI=1S/C10H11F3N2.2ClH/c11-10(12,13)8-4-3-7(5-15-8)9(14)6-1-2-6;;/h3-6,9H,1-2,14H2;2*1H. The first-order valence-electron chi connectivity index (χ1n) is 4.77. The number of nitrogens with two attached hydrogens (primary N) is 1. The lowest BCUT2D eigenvalue weighted by Crippen LogP contribution is -2.14. The minimum Gasteiger partial charge on any atom is -0.324 e. The monoisotopic (exact) mass is 288 g/mol. The number of hydrogen-bond donors (Lipinski definition) is 1. The van der Waals surface area contributed by atoms with Crippen LogP contribution in [0.15, 0.2) is 18.3 Å². The molecule has 0 amide bonds. The zero-order chi connectivity index (χ0) is 11.1. The summed E-state index contributed by atoms with van der Waals surface area (Å²) < 4.78 is 36.6. The Morgan fingerprint density at radius 1 is 1.24 bits per heavy atom. The average molecular weight is 289 g/mol. The second-order valence-electron chi connectivity index (χ2n) is 3.84. The minimum atomic E-state index is -4.37. The van der Waals surface area contributed by atoms with Gasteiger partial charge >= 0.3 is 6.18 Å². The predicted octanol–water partition coefficient (Wildman–Crippen LogP) is 3.35. The molecule has 2 nitrogen and oxygen atoms in total. The van der Waals surface area contributed by atoms with Crippen molar-refractivity contribution < 1.29 is 13.2 Å². The van der Waals surface area contributed by atoms with Crippen LogP contribution in [0.4, 0.5) is 13.2 Å². The van der Waals surface area contributed by atoms with Gasteiger partial charge in [-0.3, -0.25) is 4.98 Å². The predicted molar refractivity (Wildman–Crippen MR) is 63.4 cm³/mol. The summed E-state index contributed by atoms with van der Waals surface area (Å²) in [7, 11) is 0. The van der Waals surface area contributed by atoms with E-state index >= 15 is 0 Å². The van der Waals surface area contributed by atoms with E-state index in [1.54, 1.807) is 0 Å². The molecule has 1 saturated carbocycles. The summed E-state index contributed by atoms with van der Waals surface area (Å²) in [5, 5.41) is 0. The van der Waals surface area contributed by atoms with Crippen molar-refractivity contribution in [3.8, 4) is 0 Å². The first-order chi connectivity index (χ1) is 6.98. The number of pyridine rings is 1. The van der Waals surface area contributed by atoms with E-state index in [1.807, 2.05) is 0 Å². The van der Waals surface area contributed by atoms with Crippen LogP contribution in [0.3, 0.4) is 0 Å². The van der Waals surface area contributed by atoms with Gasteiger partial charge in [0.25, 0.3) is 0 Å². The number of halogens is 5. The second-order valence-corrected chi connectivity index (χ2v) is 3.84. The number of alkyl halides is 3. The summed E-state index contributed by atoms with van der Waals surface area (Å²) in [5.41, 5.74) is 5.66. The Balaban J connectivity index is 0.00000128.